The summed E-state index contributed by atoms with van der Waals surface area (Å²) < 4.78 is 0. The highest BCUT2D eigenvalue weighted by molar-refractivity contribution is 6.31. The van der Waals surface area contributed by atoms with Gasteiger partial charge in [0, 0.05) is 11.4 Å². The lowest BCUT2D eigenvalue weighted by Crippen LogP contribution is -2.34. The highest BCUT2D eigenvalue weighted by atomic mass is 35.5. The van der Waals surface area contributed by atoms with Crippen molar-refractivity contribution in [2.45, 2.75) is 18.9 Å². The molecule has 0 amide bonds. The summed E-state index contributed by atoms with van der Waals surface area (Å²) in [6.45, 7) is 0.891. The van der Waals surface area contributed by atoms with Gasteiger partial charge in [0.1, 0.15) is 0 Å². The van der Waals surface area contributed by atoms with E-state index in [-0.39, 0.29) is 24.2 Å². The van der Waals surface area contributed by atoms with Gasteiger partial charge in [-0.3, -0.25) is 4.79 Å². The minimum absolute atomic E-state index is 0. The summed E-state index contributed by atoms with van der Waals surface area (Å²) in [5.41, 5.74) is 0.902. The average Bonchev–Trinajstić information content (AvgIpc) is 2.20. The zero-order valence-corrected chi connectivity index (χ0v) is 9.77. The molecule has 0 aliphatic carbocycles. The number of carbonyl (C=O) groups is 1. The first-order valence-electron chi connectivity index (χ1n) is 4.79. The van der Waals surface area contributed by atoms with Gasteiger partial charge in [0.2, 0.25) is 0 Å². The Morgan fingerprint density at radius 1 is 1.33 bits per heavy atom. The van der Waals surface area contributed by atoms with Crippen LogP contribution in [0.3, 0.4) is 0 Å². The van der Waals surface area contributed by atoms with E-state index < -0.39 is 0 Å². The molecular weight excluding hydrogens is 233 g/mol. The molecule has 4 heteroatoms. The van der Waals surface area contributed by atoms with Crippen molar-refractivity contribution in [3.63, 3.8) is 0 Å². The molecular formula is C11H13Cl2NO. The maximum atomic E-state index is 11.6. The smallest absolute Gasteiger partial charge is 0.154 e. The summed E-state index contributed by atoms with van der Waals surface area (Å²) >= 11 is 6.03. The monoisotopic (exact) mass is 245 g/mol. The van der Waals surface area contributed by atoms with Crippen LogP contribution in [0.1, 0.15) is 24.4 Å². The van der Waals surface area contributed by atoms with Crippen LogP contribution in [0.2, 0.25) is 5.02 Å². The van der Waals surface area contributed by atoms with E-state index in [1.165, 1.54) is 0 Å². The van der Waals surface area contributed by atoms with Crippen molar-refractivity contribution in [1.29, 1.82) is 0 Å². The number of carbonyl (C=O) groups excluding carboxylic acids is 1. The lowest BCUT2D eigenvalue weighted by molar-refractivity contribution is -0.122. The van der Waals surface area contributed by atoms with Gasteiger partial charge in [-0.25, -0.2) is 0 Å². The van der Waals surface area contributed by atoms with Crippen molar-refractivity contribution in [2.24, 2.45) is 0 Å². The molecule has 0 saturated carbocycles. The molecule has 0 bridgehead atoms. The van der Waals surface area contributed by atoms with E-state index in [4.69, 9.17) is 11.6 Å². The molecule has 2 rings (SSSR count). The van der Waals surface area contributed by atoms with Crippen LogP contribution >= 0.6 is 24.0 Å². The number of benzene rings is 1. The third-order valence-corrected chi connectivity index (χ3v) is 2.83. The van der Waals surface area contributed by atoms with Crippen molar-refractivity contribution in [1.82, 2.24) is 5.32 Å². The summed E-state index contributed by atoms with van der Waals surface area (Å²) in [7, 11) is 0. The fourth-order valence-corrected chi connectivity index (χ4v) is 2.00. The molecule has 82 valence electrons. The standard InChI is InChI=1S/C11H12ClNO.ClH/c12-9-5-2-1-4-8(9)11-10(14)6-3-7-13-11;/h1-2,4-5,11,13H,3,6-7H2;1H. The Kier molecular flexibility index (Phi) is 4.58. The van der Waals surface area contributed by atoms with Crippen LogP contribution in [0.25, 0.3) is 0 Å². The average molecular weight is 246 g/mol. The molecule has 1 N–H and O–H groups in total. The number of hydrogen-bond donors (Lipinski definition) is 1. The normalized spacial score (nSPS) is 20.9. The molecule has 0 spiro atoms. The third kappa shape index (κ3) is 2.71. The Morgan fingerprint density at radius 3 is 2.73 bits per heavy atom. The number of ketones is 1. The van der Waals surface area contributed by atoms with Gasteiger partial charge < -0.3 is 5.32 Å². The van der Waals surface area contributed by atoms with Crippen molar-refractivity contribution in [3.05, 3.63) is 34.9 Å². The zero-order valence-electron chi connectivity index (χ0n) is 8.20. The summed E-state index contributed by atoms with van der Waals surface area (Å²) in [5, 5.41) is 3.86. The van der Waals surface area contributed by atoms with Crippen molar-refractivity contribution in [2.75, 3.05) is 6.54 Å². The van der Waals surface area contributed by atoms with E-state index in [2.05, 4.69) is 5.32 Å². The highest BCUT2D eigenvalue weighted by Crippen LogP contribution is 2.26. The van der Waals surface area contributed by atoms with Gasteiger partial charge >= 0.3 is 0 Å². The van der Waals surface area contributed by atoms with Crippen LogP contribution in [0.5, 0.6) is 0 Å². The quantitative estimate of drug-likeness (QED) is 0.825. The van der Waals surface area contributed by atoms with Crippen molar-refractivity contribution >= 4 is 29.8 Å². The van der Waals surface area contributed by atoms with Gasteiger partial charge in [-0.2, -0.15) is 0 Å². The second kappa shape index (κ2) is 5.50. The third-order valence-electron chi connectivity index (χ3n) is 2.49. The first-order chi connectivity index (χ1) is 6.79. The molecule has 2 nitrogen and oxygen atoms in total. The van der Waals surface area contributed by atoms with E-state index in [1.807, 2.05) is 24.3 Å². The fraction of sp³-hybridized carbons (Fsp3) is 0.364. The molecule has 1 saturated heterocycles. The van der Waals surface area contributed by atoms with Gasteiger partial charge in [0.05, 0.1) is 6.04 Å². The number of nitrogens with one attached hydrogen (secondary N) is 1. The van der Waals surface area contributed by atoms with Crippen molar-refractivity contribution < 1.29 is 4.79 Å². The zero-order chi connectivity index (χ0) is 9.97. The molecule has 0 aromatic heterocycles. The van der Waals surface area contributed by atoms with E-state index in [9.17, 15) is 4.79 Å². The van der Waals surface area contributed by atoms with Crippen LogP contribution in [0, 0.1) is 0 Å². The fourth-order valence-electron chi connectivity index (χ4n) is 1.76. The lowest BCUT2D eigenvalue weighted by Gasteiger charge is -2.23. The Bertz CT molecular complexity index is 354. The minimum atomic E-state index is -0.197. The van der Waals surface area contributed by atoms with Crippen molar-refractivity contribution in [3.8, 4) is 0 Å². The molecule has 1 aliphatic heterocycles. The second-order valence-electron chi connectivity index (χ2n) is 3.48. The lowest BCUT2D eigenvalue weighted by atomic mass is 9.96. The number of piperidine rings is 1. The largest absolute Gasteiger partial charge is 0.304 e. The number of hydrogen-bond acceptors (Lipinski definition) is 2. The van der Waals surface area contributed by atoms with Crippen LogP contribution in [0.4, 0.5) is 0 Å². The Labute approximate surface area is 100 Å². The second-order valence-corrected chi connectivity index (χ2v) is 3.89. The molecule has 15 heavy (non-hydrogen) atoms. The summed E-state index contributed by atoms with van der Waals surface area (Å²) in [5.74, 6) is 0.240. The van der Waals surface area contributed by atoms with Gasteiger partial charge in [0.25, 0.3) is 0 Å². The topological polar surface area (TPSA) is 29.1 Å². The first-order valence-corrected chi connectivity index (χ1v) is 5.17. The molecule has 1 fully saturated rings. The predicted molar refractivity (Wildman–Crippen MR) is 63.7 cm³/mol. The molecule has 1 aromatic carbocycles. The summed E-state index contributed by atoms with van der Waals surface area (Å²) in [6.07, 6.45) is 1.59. The summed E-state index contributed by atoms with van der Waals surface area (Å²) in [4.78, 5) is 11.6. The van der Waals surface area contributed by atoms with E-state index in [1.54, 1.807) is 0 Å². The maximum absolute atomic E-state index is 11.6. The Morgan fingerprint density at radius 2 is 2.07 bits per heavy atom. The number of halogens is 2. The van der Waals surface area contributed by atoms with Gasteiger partial charge in [0.15, 0.2) is 5.78 Å². The summed E-state index contributed by atoms with van der Waals surface area (Å²) in [6, 6.07) is 7.31. The minimum Gasteiger partial charge on any atom is -0.304 e. The van der Waals surface area contributed by atoms with Gasteiger partial charge in [-0.05, 0) is 24.6 Å². The molecule has 1 aromatic rings. The molecule has 1 atom stereocenters. The molecule has 1 aliphatic rings. The molecule has 1 unspecified atom stereocenters. The van der Waals surface area contributed by atoms with Crippen LogP contribution in [0.15, 0.2) is 24.3 Å². The Balaban J connectivity index is 0.00000112. The number of rotatable bonds is 1. The van der Waals surface area contributed by atoms with Crippen LogP contribution in [-0.4, -0.2) is 12.3 Å². The molecule has 1 heterocycles. The SMILES string of the molecule is Cl.O=C1CCCNC1c1ccccc1Cl. The van der Waals surface area contributed by atoms with E-state index in [0.717, 1.165) is 18.5 Å². The first kappa shape index (κ1) is 12.5. The predicted octanol–water partition coefficient (Wildman–Crippen LogP) is 2.76. The van der Waals surface area contributed by atoms with Gasteiger partial charge in [-0.15, -0.1) is 12.4 Å². The van der Waals surface area contributed by atoms with Gasteiger partial charge in [-0.1, -0.05) is 29.8 Å². The molecule has 0 radical (unpaired) electrons. The van der Waals surface area contributed by atoms with E-state index >= 15 is 0 Å². The Hall–Kier alpha value is -0.570. The number of Topliss-reactive ketones (excluding diaryl/α,β-unsaturated/α-hetero) is 1. The highest BCUT2D eigenvalue weighted by Gasteiger charge is 2.24. The maximum Gasteiger partial charge on any atom is 0.154 e. The van der Waals surface area contributed by atoms with Crippen LogP contribution < -0.4 is 5.32 Å². The van der Waals surface area contributed by atoms with Crippen LogP contribution in [-0.2, 0) is 4.79 Å². The van der Waals surface area contributed by atoms with E-state index in [0.29, 0.717) is 11.4 Å².